The molecule has 2 rings (SSSR count). The van der Waals surface area contributed by atoms with Gasteiger partial charge in [0.05, 0.1) is 5.75 Å². The van der Waals surface area contributed by atoms with Crippen LogP contribution < -0.4 is 5.32 Å². The van der Waals surface area contributed by atoms with Crippen LogP contribution >= 0.6 is 27.7 Å². The summed E-state index contributed by atoms with van der Waals surface area (Å²) >= 11 is 4.69. The molecule has 0 aliphatic carbocycles. The van der Waals surface area contributed by atoms with Gasteiger partial charge in [-0.05, 0) is 44.2 Å². The number of benzene rings is 1. The van der Waals surface area contributed by atoms with E-state index < -0.39 is 0 Å². The van der Waals surface area contributed by atoms with Gasteiger partial charge in [0.25, 0.3) is 0 Å². The Bertz CT molecular complexity index is 596. The minimum atomic E-state index is -0.0694. The molecule has 0 unspecified atom stereocenters. The maximum Gasteiger partial charge on any atom is 0.234 e. The van der Waals surface area contributed by atoms with Gasteiger partial charge < -0.3 is 5.32 Å². The number of amides is 1. The average molecular weight is 352 g/mol. The molecular formula is C14H14BrN3OS. The van der Waals surface area contributed by atoms with Crippen LogP contribution in [0.3, 0.4) is 0 Å². The second-order valence-electron chi connectivity index (χ2n) is 4.28. The molecule has 0 fully saturated rings. The van der Waals surface area contributed by atoms with E-state index in [1.165, 1.54) is 11.8 Å². The van der Waals surface area contributed by atoms with Crippen molar-refractivity contribution >= 4 is 39.3 Å². The Morgan fingerprint density at radius 3 is 2.40 bits per heavy atom. The first-order valence-corrected chi connectivity index (χ1v) is 7.81. The molecule has 104 valence electrons. The van der Waals surface area contributed by atoms with E-state index in [0.717, 1.165) is 21.5 Å². The first-order chi connectivity index (χ1) is 9.52. The standard InChI is InChI=1S/C14H14BrN3OS/c1-9-7-10(2)17-14(16-9)20-8-13(19)18-12-5-3-11(15)4-6-12/h3-7H,8H2,1-2H3,(H,18,19). The summed E-state index contributed by atoms with van der Waals surface area (Å²) in [5.41, 5.74) is 2.60. The largest absolute Gasteiger partial charge is 0.325 e. The topological polar surface area (TPSA) is 54.9 Å². The number of aryl methyl sites for hydroxylation is 2. The van der Waals surface area contributed by atoms with Gasteiger partial charge in [0.2, 0.25) is 5.91 Å². The van der Waals surface area contributed by atoms with Crippen LogP contribution in [0.4, 0.5) is 5.69 Å². The quantitative estimate of drug-likeness (QED) is 0.675. The van der Waals surface area contributed by atoms with Crippen LogP contribution in [0.15, 0.2) is 40.0 Å². The van der Waals surface area contributed by atoms with Crippen molar-refractivity contribution in [3.05, 3.63) is 46.2 Å². The van der Waals surface area contributed by atoms with Crippen molar-refractivity contribution in [3.63, 3.8) is 0 Å². The smallest absolute Gasteiger partial charge is 0.234 e. The lowest BCUT2D eigenvalue weighted by molar-refractivity contribution is -0.113. The molecule has 0 saturated heterocycles. The van der Waals surface area contributed by atoms with E-state index in [1.807, 2.05) is 44.2 Å². The fraction of sp³-hybridized carbons (Fsp3) is 0.214. The third kappa shape index (κ3) is 4.61. The SMILES string of the molecule is Cc1cc(C)nc(SCC(=O)Nc2ccc(Br)cc2)n1. The monoisotopic (exact) mass is 351 g/mol. The molecule has 2 aromatic rings. The van der Waals surface area contributed by atoms with Crippen LogP contribution in [0.1, 0.15) is 11.4 Å². The van der Waals surface area contributed by atoms with Crippen LogP contribution in [0.2, 0.25) is 0 Å². The normalized spacial score (nSPS) is 10.3. The van der Waals surface area contributed by atoms with Crippen molar-refractivity contribution in [1.29, 1.82) is 0 Å². The van der Waals surface area contributed by atoms with E-state index in [1.54, 1.807) is 0 Å². The molecule has 6 heteroatoms. The van der Waals surface area contributed by atoms with Gasteiger partial charge in [0.15, 0.2) is 5.16 Å². The Hall–Kier alpha value is -1.40. The van der Waals surface area contributed by atoms with E-state index >= 15 is 0 Å². The van der Waals surface area contributed by atoms with E-state index in [9.17, 15) is 4.79 Å². The maximum atomic E-state index is 11.8. The highest BCUT2D eigenvalue weighted by Crippen LogP contribution is 2.16. The molecule has 0 aliphatic rings. The van der Waals surface area contributed by atoms with Crippen molar-refractivity contribution in [2.45, 2.75) is 19.0 Å². The number of nitrogens with zero attached hydrogens (tertiary/aromatic N) is 2. The summed E-state index contributed by atoms with van der Waals surface area (Å²) in [6.07, 6.45) is 0. The van der Waals surface area contributed by atoms with Gasteiger partial charge in [-0.15, -0.1) is 0 Å². The van der Waals surface area contributed by atoms with Gasteiger partial charge in [-0.3, -0.25) is 4.79 Å². The van der Waals surface area contributed by atoms with Gasteiger partial charge in [-0.25, -0.2) is 9.97 Å². The number of halogens is 1. The number of hydrogen-bond donors (Lipinski definition) is 1. The van der Waals surface area contributed by atoms with Gasteiger partial charge in [0, 0.05) is 21.5 Å². The fourth-order valence-corrected chi connectivity index (χ4v) is 2.63. The summed E-state index contributed by atoms with van der Waals surface area (Å²) in [6.45, 7) is 3.83. The van der Waals surface area contributed by atoms with Gasteiger partial charge in [0.1, 0.15) is 0 Å². The summed E-state index contributed by atoms with van der Waals surface area (Å²) in [5.74, 6) is 0.221. The summed E-state index contributed by atoms with van der Waals surface area (Å²) in [7, 11) is 0. The first kappa shape index (κ1) is 15.0. The zero-order valence-electron chi connectivity index (χ0n) is 11.2. The van der Waals surface area contributed by atoms with Gasteiger partial charge >= 0.3 is 0 Å². The van der Waals surface area contributed by atoms with Crippen molar-refractivity contribution in [3.8, 4) is 0 Å². The molecule has 0 saturated carbocycles. The number of carbonyl (C=O) groups is 1. The lowest BCUT2D eigenvalue weighted by Gasteiger charge is -2.05. The predicted molar refractivity (Wildman–Crippen MR) is 85.0 cm³/mol. The Kier molecular flexibility index (Phi) is 5.14. The number of anilines is 1. The molecule has 0 spiro atoms. The lowest BCUT2D eigenvalue weighted by atomic mass is 10.3. The highest BCUT2D eigenvalue weighted by atomic mass is 79.9. The summed E-state index contributed by atoms with van der Waals surface area (Å²) < 4.78 is 0.980. The van der Waals surface area contributed by atoms with Crippen molar-refractivity contribution < 1.29 is 4.79 Å². The molecule has 1 heterocycles. The Labute approximate surface area is 130 Å². The third-order valence-electron chi connectivity index (χ3n) is 2.42. The number of thioether (sulfide) groups is 1. The zero-order chi connectivity index (χ0) is 14.5. The van der Waals surface area contributed by atoms with Crippen molar-refractivity contribution in [1.82, 2.24) is 9.97 Å². The van der Waals surface area contributed by atoms with E-state index in [0.29, 0.717) is 10.9 Å². The molecule has 1 N–H and O–H groups in total. The minimum absolute atomic E-state index is 0.0694. The second kappa shape index (κ2) is 6.85. The number of carbonyl (C=O) groups excluding carboxylic acids is 1. The summed E-state index contributed by atoms with van der Waals surface area (Å²) in [5, 5.41) is 3.47. The predicted octanol–water partition coefficient (Wildman–Crippen LogP) is 3.59. The number of nitrogens with one attached hydrogen (secondary N) is 1. The minimum Gasteiger partial charge on any atom is -0.325 e. The number of aromatic nitrogens is 2. The van der Waals surface area contributed by atoms with Crippen LogP contribution in [0, 0.1) is 13.8 Å². The highest BCUT2D eigenvalue weighted by Gasteiger charge is 2.06. The average Bonchev–Trinajstić information content (AvgIpc) is 2.38. The molecule has 1 aromatic carbocycles. The molecule has 1 aromatic heterocycles. The zero-order valence-corrected chi connectivity index (χ0v) is 13.6. The Balaban J connectivity index is 1.90. The molecule has 0 radical (unpaired) electrons. The summed E-state index contributed by atoms with van der Waals surface area (Å²) in [6, 6.07) is 9.37. The first-order valence-electron chi connectivity index (χ1n) is 6.03. The molecular weight excluding hydrogens is 338 g/mol. The molecule has 4 nitrogen and oxygen atoms in total. The third-order valence-corrected chi connectivity index (χ3v) is 3.80. The van der Waals surface area contributed by atoms with Crippen LogP contribution in [-0.4, -0.2) is 21.6 Å². The van der Waals surface area contributed by atoms with Gasteiger partial charge in [-0.1, -0.05) is 27.7 Å². The molecule has 0 bridgehead atoms. The second-order valence-corrected chi connectivity index (χ2v) is 6.14. The molecule has 0 aliphatic heterocycles. The maximum absolute atomic E-state index is 11.8. The highest BCUT2D eigenvalue weighted by molar-refractivity contribution is 9.10. The lowest BCUT2D eigenvalue weighted by Crippen LogP contribution is -2.14. The molecule has 0 atom stereocenters. The van der Waals surface area contributed by atoms with Crippen molar-refractivity contribution in [2.75, 3.05) is 11.1 Å². The van der Waals surface area contributed by atoms with Crippen molar-refractivity contribution in [2.24, 2.45) is 0 Å². The van der Waals surface area contributed by atoms with E-state index in [2.05, 4.69) is 31.2 Å². The summed E-state index contributed by atoms with van der Waals surface area (Å²) in [4.78, 5) is 20.4. The molecule has 1 amide bonds. The molecule has 20 heavy (non-hydrogen) atoms. The van der Waals surface area contributed by atoms with Gasteiger partial charge in [-0.2, -0.15) is 0 Å². The number of rotatable bonds is 4. The fourth-order valence-electron chi connectivity index (χ4n) is 1.62. The van der Waals surface area contributed by atoms with E-state index in [-0.39, 0.29) is 5.91 Å². The van der Waals surface area contributed by atoms with E-state index in [4.69, 9.17) is 0 Å². The Morgan fingerprint density at radius 2 is 1.80 bits per heavy atom. The van der Waals surface area contributed by atoms with Crippen LogP contribution in [-0.2, 0) is 4.79 Å². The number of hydrogen-bond acceptors (Lipinski definition) is 4. The van der Waals surface area contributed by atoms with Crippen LogP contribution in [0.25, 0.3) is 0 Å². The van der Waals surface area contributed by atoms with Crippen LogP contribution in [0.5, 0.6) is 0 Å². The Morgan fingerprint density at radius 1 is 1.20 bits per heavy atom.